The van der Waals surface area contributed by atoms with Crippen molar-refractivity contribution in [2.24, 2.45) is 0 Å². The quantitative estimate of drug-likeness (QED) is 0.745. The summed E-state index contributed by atoms with van der Waals surface area (Å²) in [4.78, 5) is 0. The summed E-state index contributed by atoms with van der Waals surface area (Å²) in [5, 5.41) is 0.793. The average Bonchev–Trinajstić information content (AvgIpc) is 2.93. The van der Waals surface area contributed by atoms with Gasteiger partial charge in [0.1, 0.15) is 5.75 Å². The first kappa shape index (κ1) is 17.4. The van der Waals surface area contributed by atoms with E-state index < -0.39 is 6.68 Å². The Labute approximate surface area is 133 Å². The van der Waals surface area contributed by atoms with Crippen LogP contribution in [-0.2, 0) is 17.8 Å². The number of hydrogen-bond donors (Lipinski definition) is 0. The summed E-state index contributed by atoms with van der Waals surface area (Å²) in [5.41, 5.74) is 2.34. The minimum atomic E-state index is -3.67. The van der Waals surface area contributed by atoms with E-state index in [9.17, 15) is 13.2 Å². The van der Waals surface area contributed by atoms with Crippen molar-refractivity contribution in [3.05, 3.63) is 28.3 Å². The molecule has 0 radical (unpaired) electrons. The molecule has 3 rings (SSSR count). The van der Waals surface area contributed by atoms with Crippen LogP contribution >= 0.6 is 11.6 Å². The molecule has 0 amide bonds. The predicted molar refractivity (Wildman–Crippen MR) is 79.4 cm³/mol. The van der Waals surface area contributed by atoms with Crippen molar-refractivity contribution < 1.29 is 22.6 Å². The molecule has 6 heteroatoms. The molecule has 1 aliphatic heterocycles. The summed E-state index contributed by atoms with van der Waals surface area (Å²) in [6.45, 7) is -2.26. The van der Waals surface area contributed by atoms with E-state index in [4.69, 9.17) is 21.1 Å². The Morgan fingerprint density at radius 1 is 1.18 bits per heavy atom. The van der Waals surface area contributed by atoms with Crippen molar-refractivity contribution in [2.75, 3.05) is 6.61 Å². The maximum atomic E-state index is 9.67. The van der Waals surface area contributed by atoms with Gasteiger partial charge in [-0.15, -0.1) is 0 Å². The molecule has 1 aromatic rings. The van der Waals surface area contributed by atoms with E-state index in [1.807, 2.05) is 12.1 Å². The summed E-state index contributed by atoms with van der Waals surface area (Å²) >= 11 is 6.14. The zero-order valence-electron chi connectivity index (χ0n) is 12.3. The number of halogens is 4. The second kappa shape index (κ2) is 8.63. The Bertz CT molecular complexity index is 474. The van der Waals surface area contributed by atoms with Crippen LogP contribution in [0.1, 0.15) is 43.2 Å². The zero-order valence-corrected chi connectivity index (χ0v) is 13.1. The zero-order chi connectivity index (χ0) is 15.9. The van der Waals surface area contributed by atoms with E-state index in [0.717, 1.165) is 29.4 Å². The molecule has 0 bridgehead atoms. The van der Waals surface area contributed by atoms with Gasteiger partial charge >= 0.3 is 6.68 Å². The largest absolute Gasteiger partial charge is 0.493 e. The molecule has 0 atom stereocenters. The average molecular weight is 337 g/mol. The van der Waals surface area contributed by atoms with Crippen LogP contribution in [0.4, 0.5) is 13.2 Å². The highest BCUT2D eigenvalue weighted by Gasteiger charge is 2.19. The van der Waals surface area contributed by atoms with Crippen molar-refractivity contribution in [1.82, 2.24) is 0 Å². The summed E-state index contributed by atoms with van der Waals surface area (Å²) in [6, 6.07) is 3.99. The molecule has 2 nitrogen and oxygen atoms in total. The van der Waals surface area contributed by atoms with E-state index in [1.165, 1.54) is 37.7 Å². The van der Waals surface area contributed by atoms with E-state index in [0.29, 0.717) is 12.7 Å². The van der Waals surface area contributed by atoms with Gasteiger partial charge in [0.15, 0.2) is 0 Å². The van der Waals surface area contributed by atoms with Crippen molar-refractivity contribution in [2.45, 2.75) is 57.9 Å². The fourth-order valence-electron chi connectivity index (χ4n) is 2.89. The minimum absolute atomic E-state index is 0.426. The lowest BCUT2D eigenvalue weighted by molar-refractivity contribution is 0.00818. The Morgan fingerprint density at radius 3 is 2.55 bits per heavy atom. The Morgan fingerprint density at radius 2 is 1.86 bits per heavy atom. The number of ether oxygens (including phenoxy) is 2. The van der Waals surface area contributed by atoms with Gasteiger partial charge in [-0.3, -0.25) is 0 Å². The Balaban J connectivity index is 0.000000396. The standard InChI is InChI=1S/C15H19ClO2.CHF3/c16-13-8-11-6-7-17-15(11)12(9-13)10-18-14-4-2-1-3-5-14;2-1(3)4/h8-9,14H,1-7,10H2;1H. The molecular formula is C16H20ClF3O2. The summed E-state index contributed by atoms with van der Waals surface area (Å²) < 4.78 is 40.7. The third-order valence-electron chi connectivity index (χ3n) is 3.85. The predicted octanol–water partition coefficient (Wildman–Crippen LogP) is 5.30. The molecule has 1 saturated carbocycles. The molecule has 2 aliphatic rings. The molecule has 1 fully saturated rings. The number of hydrogen-bond acceptors (Lipinski definition) is 2. The van der Waals surface area contributed by atoms with Crippen LogP contribution in [0.25, 0.3) is 0 Å². The molecule has 0 unspecified atom stereocenters. The maximum absolute atomic E-state index is 9.67. The van der Waals surface area contributed by atoms with Crippen molar-refractivity contribution in [3.63, 3.8) is 0 Å². The van der Waals surface area contributed by atoms with Crippen LogP contribution in [0.5, 0.6) is 5.75 Å². The highest BCUT2D eigenvalue weighted by Crippen LogP contribution is 2.34. The number of rotatable bonds is 3. The molecule has 1 aliphatic carbocycles. The summed E-state index contributed by atoms with van der Waals surface area (Å²) in [5.74, 6) is 1.01. The molecule has 0 N–H and O–H groups in total. The molecule has 1 aromatic carbocycles. The van der Waals surface area contributed by atoms with Crippen LogP contribution in [0.3, 0.4) is 0 Å². The fourth-order valence-corrected chi connectivity index (χ4v) is 3.16. The van der Waals surface area contributed by atoms with Gasteiger partial charge in [0, 0.05) is 17.0 Å². The van der Waals surface area contributed by atoms with Gasteiger partial charge in [-0.05, 0) is 30.5 Å². The SMILES string of the molecule is Clc1cc2c(c(COC3CCCCC3)c1)OCC2.FC(F)F. The number of fused-ring (bicyclic) bond motifs is 1. The summed E-state index contributed by atoms with van der Waals surface area (Å²) in [7, 11) is 0. The van der Waals surface area contributed by atoms with Crippen molar-refractivity contribution in [1.29, 1.82) is 0 Å². The van der Waals surface area contributed by atoms with Crippen LogP contribution < -0.4 is 4.74 Å². The second-order valence-corrected chi connectivity index (χ2v) is 5.91. The van der Waals surface area contributed by atoms with Crippen molar-refractivity contribution in [3.8, 4) is 5.75 Å². The van der Waals surface area contributed by atoms with Gasteiger partial charge in [-0.2, -0.15) is 13.2 Å². The molecule has 0 spiro atoms. The smallest absolute Gasteiger partial charge is 0.379 e. The number of benzene rings is 1. The van der Waals surface area contributed by atoms with Crippen LogP contribution in [0.15, 0.2) is 12.1 Å². The van der Waals surface area contributed by atoms with Crippen LogP contribution in [-0.4, -0.2) is 19.4 Å². The fraction of sp³-hybridized carbons (Fsp3) is 0.625. The number of alkyl halides is 3. The topological polar surface area (TPSA) is 18.5 Å². The molecule has 1 heterocycles. The van der Waals surface area contributed by atoms with E-state index in [2.05, 4.69) is 0 Å². The third-order valence-corrected chi connectivity index (χ3v) is 4.07. The van der Waals surface area contributed by atoms with E-state index >= 15 is 0 Å². The molecule has 0 saturated heterocycles. The maximum Gasteiger partial charge on any atom is 0.379 e. The Hall–Kier alpha value is -0.940. The Kier molecular flexibility index (Phi) is 6.83. The first-order chi connectivity index (χ1) is 10.6. The lowest BCUT2D eigenvalue weighted by Gasteiger charge is -2.22. The van der Waals surface area contributed by atoms with Gasteiger partial charge in [0.05, 0.1) is 19.3 Å². The van der Waals surface area contributed by atoms with Gasteiger partial charge in [0.2, 0.25) is 0 Å². The first-order valence-corrected chi connectivity index (χ1v) is 7.92. The summed E-state index contributed by atoms with van der Waals surface area (Å²) in [6.07, 6.45) is 7.74. The first-order valence-electron chi connectivity index (χ1n) is 7.54. The van der Waals surface area contributed by atoms with Gasteiger partial charge in [-0.1, -0.05) is 30.9 Å². The second-order valence-electron chi connectivity index (χ2n) is 5.47. The monoisotopic (exact) mass is 336 g/mol. The van der Waals surface area contributed by atoms with E-state index in [-0.39, 0.29) is 0 Å². The van der Waals surface area contributed by atoms with Crippen molar-refractivity contribution >= 4 is 11.6 Å². The molecule has 124 valence electrons. The highest BCUT2D eigenvalue weighted by molar-refractivity contribution is 6.30. The third kappa shape index (κ3) is 5.36. The lowest BCUT2D eigenvalue weighted by atomic mass is 9.98. The van der Waals surface area contributed by atoms with E-state index in [1.54, 1.807) is 0 Å². The minimum Gasteiger partial charge on any atom is -0.493 e. The highest BCUT2D eigenvalue weighted by atomic mass is 35.5. The van der Waals surface area contributed by atoms with Gasteiger partial charge in [0.25, 0.3) is 0 Å². The molecule has 0 aromatic heterocycles. The molecular weight excluding hydrogens is 317 g/mol. The molecule has 22 heavy (non-hydrogen) atoms. The van der Waals surface area contributed by atoms with Gasteiger partial charge < -0.3 is 9.47 Å². The van der Waals surface area contributed by atoms with Gasteiger partial charge in [-0.25, -0.2) is 0 Å². The normalized spacial score (nSPS) is 17.7. The van der Waals surface area contributed by atoms with Crippen LogP contribution in [0, 0.1) is 0 Å². The van der Waals surface area contributed by atoms with Crippen LogP contribution in [0.2, 0.25) is 5.02 Å². The lowest BCUT2D eigenvalue weighted by Crippen LogP contribution is -2.16.